The van der Waals surface area contributed by atoms with Crippen LogP contribution >= 0.6 is 11.8 Å². The lowest BCUT2D eigenvalue weighted by molar-refractivity contribution is 0.0673. The van der Waals surface area contributed by atoms with Crippen molar-refractivity contribution >= 4 is 30.2 Å². The van der Waals surface area contributed by atoms with E-state index >= 15 is 0 Å². The number of rotatable bonds is 6. The van der Waals surface area contributed by atoms with E-state index in [1.54, 1.807) is 0 Å². The molecule has 31 heavy (non-hydrogen) atoms. The van der Waals surface area contributed by atoms with Crippen molar-refractivity contribution in [2.24, 2.45) is 0 Å². The van der Waals surface area contributed by atoms with Crippen molar-refractivity contribution in [2.45, 2.75) is 67.6 Å². The summed E-state index contributed by atoms with van der Waals surface area (Å²) >= 11 is 1.98. The first-order valence-electron chi connectivity index (χ1n) is 11.4. The summed E-state index contributed by atoms with van der Waals surface area (Å²) in [7, 11) is -2.10. The van der Waals surface area contributed by atoms with Gasteiger partial charge in [0.15, 0.2) is 0 Å². The Bertz CT molecular complexity index is 913. The van der Waals surface area contributed by atoms with Crippen molar-refractivity contribution in [1.82, 2.24) is 0 Å². The van der Waals surface area contributed by atoms with Gasteiger partial charge in [0.25, 0.3) is 0 Å². The van der Waals surface area contributed by atoms with Crippen LogP contribution in [-0.4, -0.2) is 25.5 Å². The van der Waals surface area contributed by atoms with Crippen LogP contribution in [0.25, 0.3) is 0 Å². The van der Waals surface area contributed by atoms with Gasteiger partial charge in [0.2, 0.25) is 0 Å². The van der Waals surface area contributed by atoms with E-state index in [9.17, 15) is 0 Å². The summed E-state index contributed by atoms with van der Waals surface area (Å²) in [5, 5.41) is 3.71. The Labute approximate surface area is 193 Å². The molecule has 4 rings (SSSR count). The Morgan fingerprint density at radius 2 is 1.29 bits per heavy atom. The molecule has 0 amide bonds. The topological polar surface area (TPSA) is 9.23 Å². The van der Waals surface area contributed by atoms with Crippen LogP contribution in [0.15, 0.2) is 95.9 Å². The summed E-state index contributed by atoms with van der Waals surface area (Å²) < 4.78 is 6.65. The van der Waals surface area contributed by atoms with Gasteiger partial charge in [0.05, 0.1) is 12.2 Å². The van der Waals surface area contributed by atoms with Gasteiger partial charge < -0.3 is 4.74 Å². The Balaban J connectivity index is 1.67. The summed E-state index contributed by atoms with van der Waals surface area (Å²) in [6.07, 6.45) is 1.68. The van der Waals surface area contributed by atoms with Crippen LogP contribution in [0.2, 0.25) is 11.1 Å². The van der Waals surface area contributed by atoms with Crippen LogP contribution in [0.4, 0.5) is 0 Å². The van der Waals surface area contributed by atoms with Gasteiger partial charge in [-0.15, -0.1) is 11.8 Å². The number of thioether (sulfide) groups is 1. The molecule has 1 nitrogen and oxygen atoms in total. The zero-order chi connectivity index (χ0) is 21.9. The van der Waals surface area contributed by atoms with E-state index in [0.717, 1.165) is 12.5 Å². The van der Waals surface area contributed by atoms with Gasteiger partial charge in [-0.05, 0) is 36.6 Å². The second-order valence-electron chi connectivity index (χ2n) is 9.76. The molecule has 3 aromatic rings. The summed E-state index contributed by atoms with van der Waals surface area (Å²) in [4.78, 5) is 1.34. The average molecular weight is 447 g/mol. The molecule has 1 aliphatic heterocycles. The first-order chi connectivity index (χ1) is 14.9. The van der Waals surface area contributed by atoms with E-state index in [1.165, 1.54) is 15.3 Å². The molecule has 0 aromatic heterocycles. The van der Waals surface area contributed by atoms with Gasteiger partial charge in [0.1, 0.15) is 8.07 Å². The zero-order valence-electron chi connectivity index (χ0n) is 19.1. The predicted molar refractivity (Wildman–Crippen MR) is 137 cm³/mol. The van der Waals surface area contributed by atoms with E-state index < -0.39 is 8.07 Å². The maximum absolute atomic E-state index is 6.65. The standard InChI is InChI=1S/C28H34OSSi/c1-22-27(30-24-14-8-5-9-15-24)20-23(29-22)21-31(28(2,3)4,25-16-10-6-11-17-25)26-18-12-7-13-19-26/h5-19,22-23,27H,20-21H2,1-4H3/t22-,23-,27?/m0/s1. The van der Waals surface area contributed by atoms with Gasteiger partial charge in [-0.2, -0.15) is 0 Å². The maximum Gasteiger partial charge on any atom is 0.125 e. The van der Waals surface area contributed by atoms with Crippen molar-refractivity contribution in [3.8, 4) is 0 Å². The molecule has 0 bridgehead atoms. The fraction of sp³-hybridized carbons (Fsp3) is 0.357. The second-order valence-corrected chi connectivity index (χ2v) is 15.9. The molecule has 3 aromatic carbocycles. The van der Waals surface area contributed by atoms with Crippen LogP contribution in [0.5, 0.6) is 0 Å². The highest BCUT2D eigenvalue weighted by atomic mass is 32.2. The third kappa shape index (κ3) is 4.69. The molecule has 0 saturated carbocycles. The van der Waals surface area contributed by atoms with Crippen LogP contribution in [0, 0.1) is 0 Å². The van der Waals surface area contributed by atoms with E-state index in [-0.39, 0.29) is 11.1 Å². The van der Waals surface area contributed by atoms with E-state index in [4.69, 9.17) is 4.74 Å². The average Bonchev–Trinajstić information content (AvgIpc) is 3.11. The highest BCUT2D eigenvalue weighted by molar-refractivity contribution is 8.00. The predicted octanol–water partition coefficient (Wildman–Crippen LogP) is 6.39. The molecule has 162 valence electrons. The normalized spacial score (nSPS) is 21.9. The summed E-state index contributed by atoms with van der Waals surface area (Å²) in [5.41, 5.74) is 0. The first-order valence-corrected chi connectivity index (χ1v) is 14.5. The molecule has 1 heterocycles. The Kier molecular flexibility index (Phi) is 6.76. The highest BCUT2D eigenvalue weighted by Gasteiger charge is 2.50. The van der Waals surface area contributed by atoms with Crippen LogP contribution in [0.3, 0.4) is 0 Å². The van der Waals surface area contributed by atoms with Crippen LogP contribution < -0.4 is 10.4 Å². The minimum absolute atomic E-state index is 0.174. The van der Waals surface area contributed by atoms with Gasteiger partial charge in [-0.25, -0.2) is 0 Å². The third-order valence-corrected chi connectivity index (χ3v) is 14.5. The SMILES string of the molecule is C[C@@H]1O[C@H](C[Si](c2ccccc2)(c2ccccc2)C(C)(C)C)CC1Sc1ccccc1. The Morgan fingerprint density at radius 1 is 0.806 bits per heavy atom. The van der Waals surface area contributed by atoms with E-state index in [0.29, 0.717) is 11.4 Å². The molecule has 3 atom stereocenters. The minimum Gasteiger partial charge on any atom is -0.374 e. The lowest BCUT2D eigenvalue weighted by atomic mass is 10.2. The lowest BCUT2D eigenvalue weighted by Crippen LogP contribution is -2.65. The van der Waals surface area contributed by atoms with Crippen molar-refractivity contribution in [3.63, 3.8) is 0 Å². The molecule has 3 heteroatoms. The molecule has 1 aliphatic rings. The van der Waals surface area contributed by atoms with Crippen LogP contribution in [0.1, 0.15) is 34.1 Å². The van der Waals surface area contributed by atoms with Gasteiger partial charge >= 0.3 is 0 Å². The molecular formula is C28H34OSSi. The number of ether oxygens (including phenoxy) is 1. The molecule has 0 radical (unpaired) electrons. The Hall–Kier alpha value is -1.81. The number of benzene rings is 3. The fourth-order valence-electron chi connectivity index (χ4n) is 5.21. The third-order valence-electron chi connectivity index (χ3n) is 6.80. The van der Waals surface area contributed by atoms with Crippen molar-refractivity contribution in [1.29, 1.82) is 0 Å². The number of hydrogen-bond acceptors (Lipinski definition) is 2. The van der Waals surface area contributed by atoms with Crippen LogP contribution in [-0.2, 0) is 4.74 Å². The molecule has 1 saturated heterocycles. The monoisotopic (exact) mass is 446 g/mol. The fourth-order valence-corrected chi connectivity index (χ4v) is 12.1. The lowest BCUT2D eigenvalue weighted by Gasteiger charge is -2.45. The quantitative estimate of drug-likeness (QED) is 0.406. The molecule has 1 unspecified atom stereocenters. The van der Waals surface area contributed by atoms with E-state index in [1.807, 2.05) is 11.8 Å². The molecule has 0 spiro atoms. The Morgan fingerprint density at radius 3 is 1.77 bits per heavy atom. The van der Waals surface area contributed by atoms with Crippen molar-refractivity contribution in [3.05, 3.63) is 91.0 Å². The molecule has 1 fully saturated rings. The van der Waals surface area contributed by atoms with Gasteiger partial charge in [-0.1, -0.05) is 110 Å². The minimum atomic E-state index is -2.10. The van der Waals surface area contributed by atoms with Crippen molar-refractivity contribution < 1.29 is 4.74 Å². The largest absolute Gasteiger partial charge is 0.374 e. The zero-order valence-corrected chi connectivity index (χ0v) is 20.9. The summed E-state index contributed by atoms with van der Waals surface area (Å²) in [6, 6.07) is 34.4. The molecular weight excluding hydrogens is 412 g/mol. The second kappa shape index (κ2) is 9.36. The molecule has 0 N–H and O–H groups in total. The van der Waals surface area contributed by atoms with Gasteiger partial charge in [-0.3, -0.25) is 0 Å². The van der Waals surface area contributed by atoms with Crippen molar-refractivity contribution in [2.75, 3.05) is 0 Å². The maximum atomic E-state index is 6.65. The summed E-state index contributed by atoms with van der Waals surface area (Å²) in [5.74, 6) is 0. The van der Waals surface area contributed by atoms with Gasteiger partial charge in [0, 0.05) is 10.1 Å². The number of hydrogen-bond donors (Lipinski definition) is 0. The first kappa shape index (κ1) is 22.4. The smallest absolute Gasteiger partial charge is 0.125 e. The molecule has 0 aliphatic carbocycles. The summed E-state index contributed by atoms with van der Waals surface area (Å²) in [6.45, 7) is 9.57. The highest BCUT2D eigenvalue weighted by Crippen LogP contribution is 2.44. The van der Waals surface area contributed by atoms with E-state index in [2.05, 4.69) is 119 Å².